The fraction of sp³-hybridized carbons (Fsp3) is 0.250. The van der Waals surface area contributed by atoms with Gasteiger partial charge in [0.15, 0.2) is 0 Å². The summed E-state index contributed by atoms with van der Waals surface area (Å²) in [4.78, 5) is 2.21. The van der Waals surface area contributed by atoms with Crippen LogP contribution in [0, 0.1) is 0 Å². The van der Waals surface area contributed by atoms with E-state index in [1.54, 1.807) is 7.11 Å². The summed E-state index contributed by atoms with van der Waals surface area (Å²) in [6, 6.07) is 13.8. The van der Waals surface area contributed by atoms with E-state index in [0.29, 0.717) is 10.7 Å². The lowest BCUT2D eigenvalue weighted by Crippen LogP contribution is -2.17. The smallest absolute Gasteiger partial charge is 0.123 e. The van der Waals surface area contributed by atoms with Gasteiger partial charge in [-0.25, -0.2) is 0 Å². The summed E-state index contributed by atoms with van der Waals surface area (Å²) in [6.45, 7) is 1.62. The van der Waals surface area contributed by atoms with E-state index in [2.05, 4.69) is 18.0 Å². The van der Waals surface area contributed by atoms with Gasteiger partial charge >= 0.3 is 0 Å². The zero-order chi connectivity index (χ0) is 14.5. The van der Waals surface area contributed by atoms with Crippen LogP contribution in [0.5, 0.6) is 5.75 Å². The van der Waals surface area contributed by atoms with Gasteiger partial charge in [-0.3, -0.25) is 4.90 Å². The Hall–Kier alpha value is -1.71. The van der Waals surface area contributed by atoms with Crippen LogP contribution in [0.15, 0.2) is 42.5 Å². The summed E-state index contributed by atoms with van der Waals surface area (Å²) in [5.74, 6) is 0.912. The molecule has 0 aliphatic rings. The molecule has 0 radical (unpaired) electrons. The number of benzene rings is 2. The molecule has 0 atom stereocenters. The van der Waals surface area contributed by atoms with Crippen molar-refractivity contribution in [1.82, 2.24) is 4.90 Å². The summed E-state index contributed by atoms with van der Waals surface area (Å²) >= 11 is 5.93. The topological polar surface area (TPSA) is 38.5 Å². The van der Waals surface area contributed by atoms with Crippen LogP contribution in [0.25, 0.3) is 0 Å². The lowest BCUT2D eigenvalue weighted by Gasteiger charge is -2.18. The minimum Gasteiger partial charge on any atom is -0.496 e. The first-order chi connectivity index (χ1) is 9.60. The third kappa shape index (κ3) is 3.65. The van der Waals surface area contributed by atoms with Crippen LogP contribution in [-0.4, -0.2) is 19.1 Å². The average molecular weight is 291 g/mol. The molecule has 0 bridgehead atoms. The van der Waals surface area contributed by atoms with Gasteiger partial charge in [-0.2, -0.15) is 0 Å². The number of nitrogens with two attached hydrogens (primary N) is 1. The highest BCUT2D eigenvalue weighted by atomic mass is 35.5. The highest BCUT2D eigenvalue weighted by molar-refractivity contribution is 6.33. The highest BCUT2D eigenvalue weighted by Crippen LogP contribution is 2.22. The molecule has 20 heavy (non-hydrogen) atoms. The van der Waals surface area contributed by atoms with Crippen LogP contribution in [-0.2, 0) is 13.1 Å². The molecule has 2 aromatic rings. The molecule has 0 aliphatic carbocycles. The molecule has 3 nitrogen and oxygen atoms in total. The predicted octanol–water partition coefficient (Wildman–Crippen LogP) is 3.56. The monoisotopic (exact) mass is 290 g/mol. The van der Waals surface area contributed by atoms with Crippen molar-refractivity contribution in [2.24, 2.45) is 0 Å². The number of halogens is 1. The standard InChI is InChI=1S/C16H19ClN2O/c1-19(10-12-7-8-14(17)15(18)9-12)11-13-5-3-4-6-16(13)20-2/h3-9H,10-11,18H2,1-2H3. The maximum absolute atomic E-state index is 5.93. The van der Waals surface area contributed by atoms with E-state index in [-0.39, 0.29) is 0 Å². The Bertz CT molecular complexity index is 586. The number of nitrogen functional groups attached to an aromatic ring is 1. The highest BCUT2D eigenvalue weighted by Gasteiger charge is 2.07. The number of rotatable bonds is 5. The van der Waals surface area contributed by atoms with Crippen LogP contribution in [0.4, 0.5) is 5.69 Å². The number of methoxy groups -OCH3 is 1. The van der Waals surface area contributed by atoms with Crippen LogP contribution < -0.4 is 10.5 Å². The van der Waals surface area contributed by atoms with Gasteiger partial charge in [0.1, 0.15) is 5.75 Å². The summed E-state index contributed by atoms with van der Waals surface area (Å²) in [5, 5.41) is 0.598. The summed E-state index contributed by atoms with van der Waals surface area (Å²) in [6.07, 6.45) is 0. The normalized spacial score (nSPS) is 10.8. The van der Waals surface area contributed by atoms with Crippen molar-refractivity contribution in [2.45, 2.75) is 13.1 Å². The molecule has 2 N–H and O–H groups in total. The van der Waals surface area contributed by atoms with Crippen molar-refractivity contribution in [3.63, 3.8) is 0 Å². The molecular formula is C16H19ClN2O. The van der Waals surface area contributed by atoms with Crippen molar-refractivity contribution < 1.29 is 4.74 Å². The number of hydrogen-bond acceptors (Lipinski definition) is 3. The molecule has 106 valence electrons. The van der Waals surface area contributed by atoms with Gasteiger partial charge in [-0.15, -0.1) is 0 Å². The van der Waals surface area contributed by atoms with E-state index in [9.17, 15) is 0 Å². The third-order valence-electron chi connectivity index (χ3n) is 3.15. The van der Waals surface area contributed by atoms with Gasteiger partial charge in [-0.05, 0) is 30.8 Å². The Morgan fingerprint density at radius 3 is 2.60 bits per heavy atom. The molecule has 0 fully saturated rings. The molecule has 0 heterocycles. The Balaban J connectivity index is 2.05. The largest absolute Gasteiger partial charge is 0.496 e. The van der Waals surface area contributed by atoms with Gasteiger partial charge in [-0.1, -0.05) is 35.9 Å². The van der Waals surface area contributed by atoms with Crippen molar-refractivity contribution in [3.8, 4) is 5.75 Å². The summed E-state index contributed by atoms with van der Waals surface area (Å²) < 4.78 is 5.37. The number of hydrogen-bond donors (Lipinski definition) is 1. The zero-order valence-corrected chi connectivity index (χ0v) is 12.5. The fourth-order valence-corrected chi connectivity index (χ4v) is 2.30. The molecular weight excluding hydrogens is 272 g/mol. The van der Waals surface area contributed by atoms with Gasteiger partial charge in [0, 0.05) is 18.7 Å². The Morgan fingerprint density at radius 1 is 1.15 bits per heavy atom. The van der Waals surface area contributed by atoms with Gasteiger partial charge in [0.25, 0.3) is 0 Å². The van der Waals surface area contributed by atoms with Gasteiger partial charge < -0.3 is 10.5 Å². The van der Waals surface area contributed by atoms with Gasteiger partial charge in [0.2, 0.25) is 0 Å². The minimum absolute atomic E-state index is 0.598. The maximum atomic E-state index is 5.93. The Labute approximate surface area is 124 Å². The molecule has 0 saturated heterocycles. The predicted molar refractivity (Wildman–Crippen MR) is 84.0 cm³/mol. The average Bonchev–Trinajstić information content (AvgIpc) is 2.43. The van der Waals surface area contributed by atoms with E-state index >= 15 is 0 Å². The van der Waals surface area contributed by atoms with E-state index < -0.39 is 0 Å². The van der Waals surface area contributed by atoms with Crippen LogP contribution in [0.2, 0.25) is 5.02 Å². The third-order valence-corrected chi connectivity index (χ3v) is 3.49. The van der Waals surface area contributed by atoms with Crippen molar-refractivity contribution in [2.75, 3.05) is 19.9 Å². The summed E-state index contributed by atoms with van der Waals surface area (Å²) in [5.41, 5.74) is 8.75. The lowest BCUT2D eigenvalue weighted by atomic mass is 10.1. The quantitative estimate of drug-likeness (QED) is 0.856. The van der Waals surface area contributed by atoms with Crippen molar-refractivity contribution in [1.29, 1.82) is 0 Å². The zero-order valence-electron chi connectivity index (χ0n) is 11.8. The first kappa shape index (κ1) is 14.7. The van der Waals surface area contributed by atoms with E-state index in [1.165, 1.54) is 5.56 Å². The Kier molecular flexibility index (Phi) is 4.88. The summed E-state index contributed by atoms with van der Waals surface area (Å²) in [7, 11) is 3.76. The second kappa shape index (κ2) is 6.64. The maximum Gasteiger partial charge on any atom is 0.123 e. The lowest BCUT2D eigenvalue weighted by molar-refractivity contribution is 0.310. The fourth-order valence-electron chi connectivity index (χ4n) is 2.18. The van der Waals surface area contributed by atoms with Gasteiger partial charge in [0.05, 0.1) is 17.8 Å². The van der Waals surface area contributed by atoms with Crippen LogP contribution in [0.1, 0.15) is 11.1 Å². The van der Waals surface area contributed by atoms with Crippen LogP contribution in [0.3, 0.4) is 0 Å². The first-order valence-electron chi connectivity index (χ1n) is 6.44. The van der Waals surface area contributed by atoms with Crippen molar-refractivity contribution in [3.05, 3.63) is 58.6 Å². The molecule has 0 saturated carbocycles. The van der Waals surface area contributed by atoms with E-state index in [0.717, 1.165) is 24.4 Å². The Morgan fingerprint density at radius 2 is 1.90 bits per heavy atom. The van der Waals surface area contributed by atoms with E-state index in [1.807, 2.05) is 36.4 Å². The SMILES string of the molecule is COc1ccccc1CN(C)Cc1ccc(Cl)c(N)c1. The number of nitrogens with zero attached hydrogens (tertiary/aromatic N) is 1. The number of para-hydroxylation sites is 1. The molecule has 0 spiro atoms. The first-order valence-corrected chi connectivity index (χ1v) is 6.82. The molecule has 4 heteroatoms. The van der Waals surface area contributed by atoms with Crippen molar-refractivity contribution >= 4 is 17.3 Å². The second-order valence-corrected chi connectivity index (χ2v) is 5.25. The molecule has 0 unspecified atom stereocenters. The molecule has 2 aromatic carbocycles. The number of anilines is 1. The molecule has 2 rings (SSSR count). The number of ether oxygens (including phenoxy) is 1. The minimum atomic E-state index is 0.598. The molecule has 0 aromatic heterocycles. The molecule has 0 aliphatic heterocycles. The van der Waals surface area contributed by atoms with E-state index in [4.69, 9.17) is 22.1 Å². The van der Waals surface area contributed by atoms with Crippen LogP contribution >= 0.6 is 11.6 Å². The second-order valence-electron chi connectivity index (χ2n) is 4.84. The molecule has 0 amide bonds.